The predicted molar refractivity (Wildman–Crippen MR) is 130 cm³/mol. The second-order valence-corrected chi connectivity index (χ2v) is 8.30. The van der Waals surface area contributed by atoms with Crippen molar-refractivity contribution in [2.75, 3.05) is 36.0 Å². The van der Waals surface area contributed by atoms with E-state index in [4.69, 9.17) is 0 Å². The molecule has 5 nitrogen and oxygen atoms in total. The van der Waals surface area contributed by atoms with Crippen LogP contribution in [0.1, 0.15) is 15.9 Å². The van der Waals surface area contributed by atoms with E-state index >= 15 is 0 Å². The monoisotopic (exact) mass is 458 g/mol. The highest BCUT2D eigenvalue weighted by Gasteiger charge is 2.20. The van der Waals surface area contributed by atoms with Crippen LogP contribution in [-0.4, -0.2) is 37.1 Å². The van der Waals surface area contributed by atoms with E-state index in [0.717, 1.165) is 48.5 Å². The van der Waals surface area contributed by atoms with Gasteiger partial charge in [0.2, 0.25) is 0 Å². The summed E-state index contributed by atoms with van der Waals surface area (Å²) in [5, 5.41) is 4.70. The molecular weight excluding hydrogens is 434 g/mol. The average Bonchev–Trinajstić information content (AvgIpc) is 2.88. The molecule has 0 aliphatic carbocycles. The van der Waals surface area contributed by atoms with Gasteiger partial charge in [0.05, 0.1) is 0 Å². The first kappa shape index (κ1) is 21.8. The summed E-state index contributed by atoms with van der Waals surface area (Å²) < 4.78 is 27.1. The second-order valence-electron chi connectivity index (χ2n) is 8.30. The SMILES string of the molecule is O=C(NCc1ccccc1F)c1ccc2ccnc(N3CCN(c4ccc(F)cc4)CC3)c2c1. The number of nitrogens with one attached hydrogen (secondary N) is 1. The van der Waals surface area contributed by atoms with E-state index in [1.54, 1.807) is 42.6 Å². The van der Waals surface area contributed by atoms with Crippen molar-refractivity contribution in [3.8, 4) is 0 Å². The number of hydrogen-bond acceptors (Lipinski definition) is 4. The Hall–Kier alpha value is -4.00. The summed E-state index contributed by atoms with van der Waals surface area (Å²) in [7, 11) is 0. The van der Waals surface area contributed by atoms with Gasteiger partial charge < -0.3 is 15.1 Å². The molecule has 34 heavy (non-hydrogen) atoms. The number of nitrogens with zero attached hydrogens (tertiary/aromatic N) is 3. The van der Waals surface area contributed by atoms with Crippen molar-refractivity contribution in [2.45, 2.75) is 6.54 Å². The molecule has 1 aromatic heterocycles. The Morgan fingerprint density at radius 1 is 0.882 bits per heavy atom. The molecule has 5 rings (SSSR count). The zero-order chi connectivity index (χ0) is 23.5. The number of amides is 1. The van der Waals surface area contributed by atoms with Gasteiger partial charge in [0.1, 0.15) is 17.5 Å². The summed E-state index contributed by atoms with van der Waals surface area (Å²) in [6.45, 7) is 3.20. The Kier molecular flexibility index (Phi) is 6.08. The lowest BCUT2D eigenvalue weighted by Gasteiger charge is -2.37. The summed E-state index contributed by atoms with van der Waals surface area (Å²) >= 11 is 0. The standard InChI is InChI=1S/C27H24F2N4O/c28-22-7-9-23(10-8-22)32-13-15-33(16-14-32)26-24-17-20(6-5-19(24)11-12-30-26)27(34)31-18-21-3-1-2-4-25(21)29/h1-12,17H,13-16,18H2,(H,31,34). The summed E-state index contributed by atoms with van der Waals surface area (Å²) in [5.41, 5.74) is 1.95. The fraction of sp³-hybridized carbons (Fsp3) is 0.185. The molecule has 1 N–H and O–H groups in total. The third-order valence-corrected chi connectivity index (χ3v) is 6.18. The molecule has 0 spiro atoms. The maximum absolute atomic E-state index is 13.9. The third-order valence-electron chi connectivity index (χ3n) is 6.18. The lowest BCUT2D eigenvalue weighted by molar-refractivity contribution is 0.0950. The second kappa shape index (κ2) is 9.47. The molecular formula is C27H24F2N4O. The summed E-state index contributed by atoms with van der Waals surface area (Å²) in [4.78, 5) is 21.8. The molecule has 0 atom stereocenters. The van der Waals surface area contributed by atoms with Crippen molar-refractivity contribution >= 4 is 28.2 Å². The minimum atomic E-state index is -0.340. The zero-order valence-electron chi connectivity index (χ0n) is 18.5. The van der Waals surface area contributed by atoms with E-state index in [2.05, 4.69) is 20.1 Å². The highest BCUT2D eigenvalue weighted by Crippen LogP contribution is 2.27. The van der Waals surface area contributed by atoms with Gasteiger partial charge in [0, 0.05) is 61.1 Å². The smallest absolute Gasteiger partial charge is 0.251 e. The Balaban J connectivity index is 1.32. The molecule has 7 heteroatoms. The van der Waals surface area contributed by atoms with E-state index in [-0.39, 0.29) is 24.1 Å². The molecule has 2 heterocycles. The highest BCUT2D eigenvalue weighted by molar-refractivity contribution is 6.01. The van der Waals surface area contributed by atoms with Crippen molar-refractivity contribution in [3.05, 3.63) is 102 Å². The van der Waals surface area contributed by atoms with E-state index < -0.39 is 0 Å². The maximum atomic E-state index is 13.9. The van der Waals surface area contributed by atoms with Gasteiger partial charge in [0.25, 0.3) is 5.91 Å². The van der Waals surface area contributed by atoms with Crippen LogP contribution in [-0.2, 0) is 6.54 Å². The lowest BCUT2D eigenvalue weighted by atomic mass is 10.1. The van der Waals surface area contributed by atoms with E-state index in [9.17, 15) is 13.6 Å². The number of pyridine rings is 1. The van der Waals surface area contributed by atoms with Crippen LogP contribution in [0.2, 0.25) is 0 Å². The van der Waals surface area contributed by atoms with Gasteiger partial charge in [-0.2, -0.15) is 0 Å². The van der Waals surface area contributed by atoms with Crippen LogP contribution in [0.3, 0.4) is 0 Å². The number of piperazine rings is 1. The number of anilines is 2. The van der Waals surface area contributed by atoms with Crippen LogP contribution in [0, 0.1) is 11.6 Å². The Bertz CT molecular complexity index is 1320. The third kappa shape index (κ3) is 4.55. The van der Waals surface area contributed by atoms with Gasteiger partial charge >= 0.3 is 0 Å². The van der Waals surface area contributed by atoms with Crippen LogP contribution in [0.25, 0.3) is 10.8 Å². The first-order chi connectivity index (χ1) is 16.6. The Labute approximate surface area is 196 Å². The normalized spacial score (nSPS) is 13.8. The fourth-order valence-electron chi connectivity index (χ4n) is 4.29. The van der Waals surface area contributed by atoms with Crippen molar-refractivity contribution < 1.29 is 13.6 Å². The number of hydrogen-bond donors (Lipinski definition) is 1. The molecule has 0 unspecified atom stereocenters. The van der Waals surface area contributed by atoms with Crippen LogP contribution in [0.15, 0.2) is 79.0 Å². The summed E-state index contributed by atoms with van der Waals surface area (Å²) in [6.07, 6.45) is 1.78. The predicted octanol–water partition coefficient (Wildman–Crippen LogP) is 4.77. The van der Waals surface area contributed by atoms with E-state index in [1.165, 1.54) is 18.2 Å². The number of carbonyl (C=O) groups is 1. The number of fused-ring (bicyclic) bond motifs is 1. The van der Waals surface area contributed by atoms with E-state index in [1.807, 2.05) is 18.2 Å². The molecule has 4 aromatic rings. The lowest BCUT2D eigenvalue weighted by Crippen LogP contribution is -2.46. The number of rotatable bonds is 5. The van der Waals surface area contributed by atoms with Crippen LogP contribution in [0.4, 0.5) is 20.3 Å². The molecule has 0 saturated carbocycles. The molecule has 1 amide bonds. The number of aromatic nitrogens is 1. The van der Waals surface area contributed by atoms with Crippen molar-refractivity contribution in [1.82, 2.24) is 10.3 Å². The fourth-order valence-corrected chi connectivity index (χ4v) is 4.29. The number of carbonyl (C=O) groups excluding carboxylic acids is 1. The first-order valence-corrected chi connectivity index (χ1v) is 11.2. The molecule has 1 aliphatic rings. The number of benzene rings is 3. The van der Waals surface area contributed by atoms with E-state index in [0.29, 0.717) is 11.1 Å². The van der Waals surface area contributed by atoms with Crippen LogP contribution >= 0.6 is 0 Å². The van der Waals surface area contributed by atoms with Gasteiger partial charge in [-0.3, -0.25) is 4.79 Å². The summed E-state index contributed by atoms with van der Waals surface area (Å²) in [6, 6.07) is 20.4. The largest absolute Gasteiger partial charge is 0.368 e. The molecule has 3 aromatic carbocycles. The zero-order valence-corrected chi connectivity index (χ0v) is 18.5. The van der Waals surface area contributed by atoms with Crippen molar-refractivity contribution in [1.29, 1.82) is 0 Å². The molecule has 1 fully saturated rings. The Morgan fingerprint density at radius 3 is 2.38 bits per heavy atom. The Morgan fingerprint density at radius 2 is 1.62 bits per heavy atom. The molecule has 0 radical (unpaired) electrons. The topological polar surface area (TPSA) is 48.5 Å². The average molecular weight is 459 g/mol. The quantitative estimate of drug-likeness (QED) is 0.468. The highest BCUT2D eigenvalue weighted by atomic mass is 19.1. The summed E-state index contributed by atoms with van der Waals surface area (Å²) in [5.74, 6) is -0.00948. The molecule has 172 valence electrons. The van der Waals surface area contributed by atoms with Crippen molar-refractivity contribution in [3.63, 3.8) is 0 Å². The van der Waals surface area contributed by atoms with Gasteiger partial charge in [-0.1, -0.05) is 24.3 Å². The van der Waals surface area contributed by atoms with Gasteiger partial charge in [-0.25, -0.2) is 13.8 Å². The van der Waals surface area contributed by atoms with Crippen LogP contribution in [0.5, 0.6) is 0 Å². The molecule has 0 bridgehead atoms. The molecule has 1 aliphatic heterocycles. The maximum Gasteiger partial charge on any atom is 0.251 e. The first-order valence-electron chi connectivity index (χ1n) is 11.2. The van der Waals surface area contributed by atoms with Gasteiger partial charge in [-0.15, -0.1) is 0 Å². The van der Waals surface area contributed by atoms with Gasteiger partial charge in [0.15, 0.2) is 0 Å². The minimum absolute atomic E-state index is 0.120. The number of halogens is 2. The van der Waals surface area contributed by atoms with Crippen LogP contribution < -0.4 is 15.1 Å². The minimum Gasteiger partial charge on any atom is -0.368 e. The molecule has 1 saturated heterocycles. The van der Waals surface area contributed by atoms with Crippen molar-refractivity contribution in [2.24, 2.45) is 0 Å². The van der Waals surface area contributed by atoms with Gasteiger partial charge in [-0.05, 0) is 53.9 Å².